The van der Waals surface area contributed by atoms with Crippen molar-refractivity contribution in [3.8, 4) is 0 Å². The lowest BCUT2D eigenvalue weighted by molar-refractivity contribution is -0.115. The SMILES string of the molecule is Cl.Nc1nc(C=C2SC(=O)NC2=O)cs1. The number of thiazole rings is 1. The molecule has 1 aromatic heterocycles. The summed E-state index contributed by atoms with van der Waals surface area (Å²) in [6, 6.07) is 0. The summed E-state index contributed by atoms with van der Waals surface area (Å²) >= 11 is 2.15. The number of thioether (sulfide) groups is 1. The fourth-order valence-electron chi connectivity index (χ4n) is 0.922. The Labute approximate surface area is 99.5 Å². The summed E-state index contributed by atoms with van der Waals surface area (Å²) in [5.41, 5.74) is 6.02. The number of rotatable bonds is 1. The predicted molar refractivity (Wildman–Crippen MR) is 62.9 cm³/mol. The van der Waals surface area contributed by atoms with Gasteiger partial charge in [-0.1, -0.05) is 0 Å². The number of hydrogen-bond acceptors (Lipinski definition) is 6. The summed E-state index contributed by atoms with van der Waals surface area (Å²) < 4.78 is 0. The number of nitrogens with zero attached hydrogens (tertiary/aromatic N) is 1. The summed E-state index contributed by atoms with van der Waals surface area (Å²) in [4.78, 5) is 26.2. The van der Waals surface area contributed by atoms with E-state index in [1.165, 1.54) is 17.4 Å². The van der Waals surface area contributed by atoms with Gasteiger partial charge in [0.05, 0.1) is 10.6 Å². The zero-order valence-electron chi connectivity index (χ0n) is 7.22. The van der Waals surface area contributed by atoms with E-state index in [-0.39, 0.29) is 23.6 Å². The van der Waals surface area contributed by atoms with Crippen molar-refractivity contribution in [3.63, 3.8) is 0 Å². The molecule has 2 amide bonds. The van der Waals surface area contributed by atoms with Gasteiger partial charge in [0.25, 0.3) is 11.1 Å². The molecule has 0 atom stereocenters. The molecule has 8 heteroatoms. The van der Waals surface area contributed by atoms with Crippen LogP contribution in [0.1, 0.15) is 5.69 Å². The highest BCUT2D eigenvalue weighted by Crippen LogP contribution is 2.26. The smallest absolute Gasteiger partial charge is 0.290 e. The number of hydrogen-bond donors (Lipinski definition) is 2. The standard InChI is InChI=1S/C7H5N3O2S2.ClH/c8-6-9-3(2-13-6)1-4-5(11)10-7(12)14-4;/h1-2H,(H2,8,9)(H,10,11,12);1H. The van der Waals surface area contributed by atoms with Crippen molar-refractivity contribution in [2.24, 2.45) is 0 Å². The van der Waals surface area contributed by atoms with Gasteiger partial charge in [-0.15, -0.1) is 23.7 Å². The van der Waals surface area contributed by atoms with Gasteiger partial charge >= 0.3 is 0 Å². The number of nitrogens with two attached hydrogens (primary N) is 1. The molecular weight excluding hydrogens is 258 g/mol. The molecule has 1 saturated heterocycles. The molecule has 1 fully saturated rings. The second-order valence-corrected chi connectivity index (χ2v) is 4.37. The van der Waals surface area contributed by atoms with Gasteiger partial charge in [0.15, 0.2) is 5.13 Å². The molecule has 1 aliphatic rings. The van der Waals surface area contributed by atoms with E-state index in [1.807, 2.05) is 0 Å². The van der Waals surface area contributed by atoms with E-state index >= 15 is 0 Å². The third-order valence-electron chi connectivity index (χ3n) is 1.46. The number of amides is 2. The maximum absolute atomic E-state index is 11.1. The van der Waals surface area contributed by atoms with E-state index in [1.54, 1.807) is 5.38 Å². The molecule has 80 valence electrons. The number of halogens is 1. The first-order chi connectivity index (χ1) is 6.65. The van der Waals surface area contributed by atoms with Crippen LogP contribution in [0, 0.1) is 0 Å². The largest absolute Gasteiger partial charge is 0.375 e. The lowest BCUT2D eigenvalue weighted by Crippen LogP contribution is -2.17. The first-order valence-electron chi connectivity index (χ1n) is 3.61. The zero-order chi connectivity index (χ0) is 10.1. The van der Waals surface area contributed by atoms with Crippen molar-refractivity contribution in [1.29, 1.82) is 0 Å². The molecule has 0 aromatic carbocycles. The summed E-state index contributed by atoms with van der Waals surface area (Å²) in [6.07, 6.45) is 1.54. The van der Waals surface area contributed by atoms with Gasteiger partial charge in [0, 0.05) is 5.38 Å². The van der Waals surface area contributed by atoms with E-state index in [9.17, 15) is 9.59 Å². The average molecular weight is 264 g/mol. The molecule has 0 spiro atoms. The van der Waals surface area contributed by atoms with Gasteiger partial charge in [-0.25, -0.2) is 4.98 Å². The highest BCUT2D eigenvalue weighted by atomic mass is 35.5. The second kappa shape index (κ2) is 4.65. The zero-order valence-corrected chi connectivity index (χ0v) is 9.67. The highest BCUT2D eigenvalue weighted by Gasteiger charge is 2.25. The summed E-state index contributed by atoms with van der Waals surface area (Å²) in [6.45, 7) is 0. The van der Waals surface area contributed by atoms with Crippen LogP contribution in [-0.4, -0.2) is 16.1 Å². The van der Waals surface area contributed by atoms with E-state index in [4.69, 9.17) is 5.73 Å². The van der Waals surface area contributed by atoms with Gasteiger partial charge in [-0.05, 0) is 17.8 Å². The number of carbonyl (C=O) groups is 2. The quantitative estimate of drug-likeness (QED) is 0.750. The predicted octanol–water partition coefficient (Wildman–Crippen LogP) is 1.47. The molecule has 1 aliphatic heterocycles. The minimum Gasteiger partial charge on any atom is -0.375 e. The monoisotopic (exact) mass is 263 g/mol. The number of anilines is 1. The normalized spacial score (nSPS) is 17.7. The Bertz CT molecular complexity index is 443. The Kier molecular flexibility index (Phi) is 3.72. The molecule has 0 bridgehead atoms. The van der Waals surface area contributed by atoms with Crippen molar-refractivity contribution in [2.45, 2.75) is 0 Å². The third-order valence-corrected chi connectivity index (χ3v) is 2.96. The molecule has 0 unspecified atom stereocenters. The van der Waals surface area contributed by atoms with Crippen LogP contribution >= 0.6 is 35.5 Å². The highest BCUT2D eigenvalue weighted by molar-refractivity contribution is 8.18. The molecule has 3 N–H and O–H groups in total. The number of imide groups is 1. The Morgan fingerprint density at radius 2 is 2.20 bits per heavy atom. The van der Waals surface area contributed by atoms with Crippen LogP contribution < -0.4 is 11.1 Å². The molecule has 5 nitrogen and oxygen atoms in total. The molecule has 2 heterocycles. The topological polar surface area (TPSA) is 85.1 Å². The first kappa shape index (κ1) is 12.0. The molecular formula is C7H6ClN3O2S2. The molecule has 2 rings (SSSR count). The minimum absolute atomic E-state index is 0. The molecule has 0 radical (unpaired) electrons. The first-order valence-corrected chi connectivity index (χ1v) is 5.30. The summed E-state index contributed by atoms with van der Waals surface area (Å²) in [5.74, 6) is -0.383. The minimum atomic E-state index is -0.383. The number of nitrogen functional groups attached to an aromatic ring is 1. The fraction of sp³-hybridized carbons (Fsp3) is 0. The maximum Gasteiger partial charge on any atom is 0.290 e. The van der Waals surface area contributed by atoms with E-state index in [0.717, 1.165) is 11.8 Å². The fourth-order valence-corrected chi connectivity index (χ4v) is 2.11. The summed E-state index contributed by atoms with van der Waals surface area (Å²) in [5, 5.41) is 3.96. The Morgan fingerprint density at radius 3 is 2.67 bits per heavy atom. The van der Waals surface area contributed by atoms with Crippen molar-refractivity contribution in [3.05, 3.63) is 16.0 Å². The number of carbonyl (C=O) groups excluding carboxylic acids is 2. The lowest BCUT2D eigenvalue weighted by atomic mass is 10.4. The van der Waals surface area contributed by atoms with Crippen LogP contribution in [-0.2, 0) is 4.79 Å². The second-order valence-electron chi connectivity index (χ2n) is 2.46. The van der Waals surface area contributed by atoms with Gasteiger partial charge < -0.3 is 5.73 Å². The average Bonchev–Trinajstić information content (AvgIpc) is 2.61. The van der Waals surface area contributed by atoms with Crippen molar-refractivity contribution >= 4 is 57.9 Å². The van der Waals surface area contributed by atoms with E-state index in [0.29, 0.717) is 15.7 Å². The Morgan fingerprint density at radius 1 is 1.47 bits per heavy atom. The third kappa shape index (κ3) is 2.71. The summed E-state index contributed by atoms with van der Waals surface area (Å²) in [7, 11) is 0. The van der Waals surface area contributed by atoms with Crippen LogP contribution in [0.25, 0.3) is 6.08 Å². The van der Waals surface area contributed by atoms with Crippen LogP contribution in [0.4, 0.5) is 9.93 Å². The van der Waals surface area contributed by atoms with Gasteiger partial charge in [-0.3, -0.25) is 14.9 Å². The van der Waals surface area contributed by atoms with Crippen LogP contribution in [0.2, 0.25) is 0 Å². The van der Waals surface area contributed by atoms with Crippen molar-refractivity contribution < 1.29 is 9.59 Å². The van der Waals surface area contributed by atoms with E-state index < -0.39 is 0 Å². The molecule has 0 aliphatic carbocycles. The van der Waals surface area contributed by atoms with Crippen LogP contribution in [0.3, 0.4) is 0 Å². The Hall–Kier alpha value is -1.05. The number of aromatic nitrogens is 1. The lowest BCUT2D eigenvalue weighted by Gasteiger charge is -1.87. The van der Waals surface area contributed by atoms with Crippen molar-refractivity contribution in [1.82, 2.24) is 10.3 Å². The van der Waals surface area contributed by atoms with Crippen LogP contribution in [0.5, 0.6) is 0 Å². The molecule has 0 saturated carbocycles. The van der Waals surface area contributed by atoms with Crippen LogP contribution in [0.15, 0.2) is 10.3 Å². The molecule has 1 aromatic rings. The maximum atomic E-state index is 11.1. The van der Waals surface area contributed by atoms with E-state index in [2.05, 4.69) is 10.3 Å². The van der Waals surface area contributed by atoms with Crippen molar-refractivity contribution in [2.75, 3.05) is 5.73 Å². The van der Waals surface area contributed by atoms with Gasteiger partial charge in [0.1, 0.15) is 0 Å². The number of nitrogens with one attached hydrogen (secondary N) is 1. The Balaban J connectivity index is 0.00000112. The van der Waals surface area contributed by atoms with Gasteiger partial charge in [-0.2, -0.15) is 0 Å². The molecule has 15 heavy (non-hydrogen) atoms. The van der Waals surface area contributed by atoms with Gasteiger partial charge in [0.2, 0.25) is 0 Å².